The van der Waals surface area contributed by atoms with Gasteiger partial charge in [0.1, 0.15) is 5.72 Å². The van der Waals surface area contributed by atoms with Crippen LogP contribution in [0.25, 0.3) is 0 Å². The smallest absolute Gasteiger partial charge is 0.125 e. The van der Waals surface area contributed by atoms with Crippen LogP contribution >= 0.6 is 0 Å². The van der Waals surface area contributed by atoms with E-state index in [0.29, 0.717) is 11.8 Å². The molecule has 3 nitrogen and oxygen atoms in total. The second-order valence-corrected chi connectivity index (χ2v) is 10.5. The van der Waals surface area contributed by atoms with Gasteiger partial charge in [0.15, 0.2) is 0 Å². The zero-order chi connectivity index (χ0) is 17.8. The molecule has 0 unspecified atom stereocenters. The van der Waals surface area contributed by atoms with Crippen molar-refractivity contribution >= 4 is 0 Å². The number of nitrogens with one attached hydrogen (secondary N) is 1. The van der Waals surface area contributed by atoms with Gasteiger partial charge in [-0.25, -0.2) is 0 Å². The molecule has 0 radical (unpaired) electrons. The molecule has 7 aliphatic rings. The lowest BCUT2D eigenvalue weighted by molar-refractivity contribution is -0.130. The first kappa shape index (κ1) is 16.3. The number of allylic oxidation sites excluding steroid dienone is 3. The maximum atomic E-state index is 11.7. The minimum atomic E-state index is -0.394. The van der Waals surface area contributed by atoms with E-state index in [1.54, 1.807) is 0 Å². The van der Waals surface area contributed by atoms with Gasteiger partial charge in [-0.15, -0.1) is 0 Å². The molecule has 3 heteroatoms. The number of nitrogens with zero attached hydrogens (tertiary/aromatic N) is 1. The van der Waals surface area contributed by atoms with Crippen molar-refractivity contribution in [3.05, 3.63) is 23.3 Å². The van der Waals surface area contributed by atoms with Crippen molar-refractivity contribution in [3.63, 3.8) is 0 Å². The minimum absolute atomic E-state index is 0.394. The standard InChI is InChI=1S/C23H34N2O/c1-12(2)5-4-6-13(3)7-8-24-9-10-25-22-18-14-11-15-17-16(14)19(22)21(17)23(25,26)20(15)18/h5,7,14-22,24,26H,4,6,8-11H2,1-3H3/b13-7+/t14-,15+,16+,17+,18+,19-,20-,21+,22+,23+/m1/s1. The Balaban J connectivity index is 1.03. The highest BCUT2D eigenvalue weighted by Gasteiger charge is 2.93. The largest absolute Gasteiger partial charge is 0.375 e. The Bertz CT molecular complexity index is 694. The number of hydrogen-bond donors (Lipinski definition) is 2. The van der Waals surface area contributed by atoms with Crippen LogP contribution < -0.4 is 5.32 Å². The van der Waals surface area contributed by atoms with E-state index in [-0.39, 0.29) is 0 Å². The first-order valence-electron chi connectivity index (χ1n) is 11.0. The fraction of sp³-hybridized carbons (Fsp3) is 0.826. The molecule has 2 heterocycles. The maximum Gasteiger partial charge on any atom is 0.125 e. The summed E-state index contributed by atoms with van der Waals surface area (Å²) >= 11 is 0. The van der Waals surface area contributed by atoms with Crippen molar-refractivity contribution in [1.29, 1.82) is 0 Å². The summed E-state index contributed by atoms with van der Waals surface area (Å²) < 4.78 is 0. The van der Waals surface area contributed by atoms with E-state index in [1.807, 2.05) is 0 Å². The molecule has 0 aromatic rings. The molecule has 0 amide bonds. The van der Waals surface area contributed by atoms with E-state index in [0.717, 1.165) is 67.6 Å². The summed E-state index contributed by atoms with van der Waals surface area (Å²) in [7, 11) is 0. The van der Waals surface area contributed by atoms with Gasteiger partial charge in [-0.2, -0.15) is 0 Å². The third kappa shape index (κ3) is 1.68. The lowest BCUT2D eigenvalue weighted by atomic mass is 9.59. The van der Waals surface area contributed by atoms with Gasteiger partial charge < -0.3 is 10.4 Å². The van der Waals surface area contributed by atoms with Gasteiger partial charge in [-0.3, -0.25) is 4.90 Å². The molecule has 5 saturated carbocycles. The monoisotopic (exact) mass is 354 g/mol. The van der Waals surface area contributed by atoms with Gasteiger partial charge >= 0.3 is 0 Å². The van der Waals surface area contributed by atoms with Crippen LogP contribution in [0.1, 0.15) is 40.0 Å². The van der Waals surface area contributed by atoms with Crippen molar-refractivity contribution in [3.8, 4) is 0 Å². The molecule has 5 aliphatic carbocycles. The van der Waals surface area contributed by atoms with E-state index >= 15 is 0 Å². The molecule has 7 fully saturated rings. The Kier molecular flexibility index (Phi) is 3.29. The van der Waals surface area contributed by atoms with Gasteiger partial charge in [0.25, 0.3) is 0 Å². The van der Waals surface area contributed by atoms with Crippen molar-refractivity contribution in [2.45, 2.75) is 51.8 Å². The van der Waals surface area contributed by atoms with Gasteiger partial charge in [0.2, 0.25) is 0 Å². The van der Waals surface area contributed by atoms with Crippen LogP contribution in [0.3, 0.4) is 0 Å². The Hall–Kier alpha value is -0.640. The van der Waals surface area contributed by atoms with Gasteiger partial charge in [-0.05, 0) is 75.5 Å². The molecule has 0 aromatic carbocycles. The fourth-order valence-electron chi connectivity index (χ4n) is 9.10. The highest BCUT2D eigenvalue weighted by Crippen LogP contribution is 2.90. The Morgan fingerprint density at radius 3 is 2.73 bits per heavy atom. The van der Waals surface area contributed by atoms with E-state index in [4.69, 9.17) is 0 Å². The van der Waals surface area contributed by atoms with E-state index in [2.05, 4.69) is 43.1 Å². The fourth-order valence-corrected chi connectivity index (χ4v) is 9.10. The lowest BCUT2D eigenvalue weighted by Crippen LogP contribution is -2.52. The zero-order valence-corrected chi connectivity index (χ0v) is 16.5. The highest BCUT2D eigenvalue weighted by molar-refractivity contribution is 5.40. The van der Waals surface area contributed by atoms with E-state index in [1.165, 1.54) is 24.0 Å². The Morgan fingerprint density at radius 1 is 1.08 bits per heavy atom. The normalized spacial score (nSPS) is 54.0. The van der Waals surface area contributed by atoms with Crippen LogP contribution in [0.4, 0.5) is 0 Å². The van der Waals surface area contributed by atoms with E-state index < -0.39 is 5.72 Å². The van der Waals surface area contributed by atoms with Gasteiger partial charge in [0.05, 0.1) is 0 Å². The number of rotatable bonds is 8. The average molecular weight is 355 g/mol. The number of aliphatic hydroxyl groups is 1. The van der Waals surface area contributed by atoms with Crippen LogP contribution in [0, 0.1) is 47.3 Å². The molecule has 4 bridgehead atoms. The lowest BCUT2D eigenvalue weighted by Gasteiger charge is -2.45. The molecule has 10 atom stereocenters. The molecule has 0 spiro atoms. The van der Waals surface area contributed by atoms with Gasteiger partial charge in [-0.1, -0.05) is 23.3 Å². The number of hydrogen-bond acceptors (Lipinski definition) is 3. The summed E-state index contributed by atoms with van der Waals surface area (Å²) in [6, 6.07) is 0.747. The van der Waals surface area contributed by atoms with Crippen molar-refractivity contribution in [2.24, 2.45) is 47.3 Å². The minimum Gasteiger partial charge on any atom is -0.375 e. The SMILES string of the molecule is CC(C)=CCC/C(C)=C/CNCCN1[C@H]2[C@H]3[C@@H]4C[C@H]5[C@H]6[C@H]4[C@@H]2[C@H]6[C@@]1(O)[C@H]53. The van der Waals surface area contributed by atoms with Crippen molar-refractivity contribution < 1.29 is 5.11 Å². The van der Waals surface area contributed by atoms with Crippen LogP contribution in [-0.4, -0.2) is 41.4 Å². The summed E-state index contributed by atoms with van der Waals surface area (Å²) in [6.07, 6.45) is 8.46. The molecule has 0 aromatic heterocycles. The Morgan fingerprint density at radius 2 is 1.92 bits per heavy atom. The topological polar surface area (TPSA) is 35.5 Å². The van der Waals surface area contributed by atoms with E-state index in [9.17, 15) is 5.11 Å². The summed E-state index contributed by atoms with van der Waals surface area (Å²) in [6.45, 7) is 9.61. The predicted octanol–water partition coefficient (Wildman–Crippen LogP) is 3.03. The van der Waals surface area contributed by atoms with Crippen molar-refractivity contribution in [1.82, 2.24) is 10.2 Å². The third-order valence-corrected chi connectivity index (χ3v) is 9.43. The molecule has 26 heavy (non-hydrogen) atoms. The van der Waals surface area contributed by atoms with Crippen LogP contribution in [-0.2, 0) is 0 Å². The predicted molar refractivity (Wildman–Crippen MR) is 103 cm³/mol. The van der Waals surface area contributed by atoms with Crippen LogP contribution in [0.15, 0.2) is 23.3 Å². The Labute approximate surface area is 157 Å². The first-order valence-corrected chi connectivity index (χ1v) is 11.0. The molecule has 2 aliphatic heterocycles. The highest BCUT2D eigenvalue weighted by atomic mass is 16.3. The third-order valence-electron chi connectivity index (χ3n) is 9.43. The summed E-state index contributed by atoms with van der Waals surface area (Å²) in [5.74, 6) is 6.90. The molecule has 2 saturated heterocycles. The second kappa shape index (κ2) is 5.24. The summed E-state index contributed by atoms with van der Waals surface area (Å²) in [5.41, 5.74) is 2.50. The molecule has 7 rings (SSSR count). The van der Waals surface area contributed by atoms with Crippen LogP contribution in [0.2, 0.25) is 0 Å². The van der Waals surface area contributed by atoms with Gasteiger partial charge in [0, 0.05) is 37.5 Å². The zero-order valence-electron chi connectivity index (χ0n) is 16.5. The van der Waals surface area contributed by atoms with Crippen molar-refractivity contribution in [2.75, 3.05) is 19.6 Å². The second-order valence-electron chi connectivity index (χ2n) is 10.5. The quantitative estimate of drug-likeness (QED) is 0.519. The molecule has 142 valence electrons. The summed E-state index contributed by atoms with van der Waals surface area (Å²) in [5, 5.41) is 15.3. The molecular weight excluding hydrogens is 320 g/mol. The average Bonchev–Trinajstić information content (AvgIpc) is 3.20. The van der Waals surface area contributed by atoms with Crippen LogP contribution in [0.5, 0.6) is 0 Å². The summed E-state index contributed by atoms with van der Waals surface area (Å²) in [4.78, 5) is 2.59. The first-order chi connectivity index (χ1) is 12.5. The molecular formula is C23H34N2O. The molecule has 2 N–H and O–H groups in total. The maximum absolute atomic E-state index is 11.7.